The molecule has 9 heteroatoms. The molecule has 154 valence electrons. The number of benzene rings is 1. The standard InChI is InChI=1S/C21H19Cl2N5O2/c1-28-18-15(25-21(28)26-17-12(22)3-2-4-13(17)23)8-7-14-16(18)20(30)27-19(24-14)10-5-6-11(29)9-10/h2-4,7-9,11,15,18,29H,5-6H2,1H3,(H,25,26)(H,24,27,30). The number of likely N-dealkylation sites (N-methyl/N-ethyl adjacent to an activating group) is 1. The summed E-state index contributed by atoms with van der Waals surface area (Å²) < 4.78 is 0. The molecule has 0 bridgehead atoms. The summed E-state index contributed by atoms with van der Waals surface area (Å²) in [7, 11) is 1.87. The summed E-state index contributed by atoms with van der Waals surface area (Å²) in [5.41, 5.74) is 2.43. The van der Waals surface area contributed by atoms with E-state index >= 15 is 0 Å². The minimum atomic E-state index is -0.485. The largest absolute Gasteiger partial charge is 0.389 e. The van der Waals surface area contributed by atoms with Crippen LogP contribution in [0.25, 0.3) is 11.6 Å². The molecule has 3 unspecified atom stereocenters. The number of rotatable bonds is 2. The van der Waals surface area contributed by atoms with Crippen molar-refractivity contribution >= 4 is 46.5 Å². The molecular formula is C21H19Cl2N5O2. The Morgan fingerprint density at radius 3 is 2.77 bits per heavy atom. The number of aromatic amines is 1. The van der Waals surface area contributed by atoms with Gasteiger partial charge in [0, 0.05) is 7.05 Å². The number of hydrogen-bond donors (Lipinski definition) is 3. The molecule has 3 N–H and O–H groups in total. The average Bonchev–Trinajstić information content (AvgIpc) is 3.28. The van der Waals surface area contributed by atoms with Crippen LogP contribution in [0.15, 0.2) is 40.1 Å². The van der Waals surface area contributed by atoms with Crippen molar-refractivity contribution in [3.63, 3.8) is 0 Å². The fraction of sp³-hybridized carbons (Fsp3) is 0.286. The van der Waals surface area contributed by atoms with E-state index in [9.17, 15) is 9.90 Å². The lowest BCUT2D eigenvalue weighted by Crippen LogP contribution is -2.38. The maximum Gasteiger partial charge on any atom is 0.257 e. The first kappa shape index (κ1) is 19.4. The number of para-hydroxylation sites is 1. The van der Waals surface area contributed by atoms with Gasteiger partial charge in [0.2, 0.25) is 0 Å². The number of guanidine groups is 1. The third-order valence-electron chi connectivity index (χ3n) is 5.68. The van der Waals surface area contributed by atoms with Crippen molar-refractivity contribution < 1.29 is 5.11 Å². The highest BCUT2D eigenvalue weighted by Gasteiger charge is 2.40. The van der Waals surface area contributed by atoms with Crippen molar-refractivity contribution in [2.75, 3.05) is 12.4 Å². The van der Waals surface area contributed by atoms with Gasteiger partial charge in [0.15, 0.2) is 5.96 Å². The number of anilines is 1. The van der Waals surface area contributed by atoms with E-state index in [1.54, 1.807) is 24.3 Å². The molecule has 1 aromatic carbocycles. The number of aromatic nitrogens is 2. The number of aliphatic imine (C=N–C) groups is 1. The summed E-state index contributed by atoms with van der Waals surface area (Å²) in [6, 6.07) is 4.75. The van der Waals surface area contributed by atoms with Gasteiger partial charge >= 0.3 is 0 Å². The fourth-order valence-corrected chi connectivity index (χ4v) is 4.67. The summed E-state index contributed by atoms with van der Waals surface area (Å²) >= 11 is 12.6. The third kappa shape index (κ3) is 3.14. The topological polar surface area (TPSA) is 93.6 Å². The molecule has 0 saturated heterocycles. The number of aliphatic hydroxyl groups excluding tert-OH is 1. The normalized spacial score (nSPS) is 24.4. The Bertz CT molecular complexity index is 1170. The molecule has 5 rings (SSSR count). The summed E-state index contributed by atoms with van der Waals surface area (Å²) in [5.74, 6) is 1.09. The Morgan fingerprint density at radius 1 is 1.30 bits per heavy atom. The number of nitrogens with zero attached hydrogens (tertiary/aromatic N) is 3. The van der Waals surface area contributed by atoms with E-state index in [2.05, 4.69) is 15.3 Å². The van der Waals surface area contributed by atoms with Crippen LogP contribution < -0.4 is 10.9 Å². The van der Waals surface area contributed by atoms with Crippen molar-refractivity contribution in [2.45, 2.75) is 31.0 Å². The van der Waals surface area contributed by atoms with Crippen LogP contribution in [0.2, 0.25) is 10.0 Å². The lowest BCUT2D eigenvalue weighted by atomic mass is 9.93. The predicted molar refractivity (Wildman–Crippen MR) is 119 cm³/mol. The third-order valence-corrected chi connectivity index (χ3v) is 6.31. The monoisotopic (exact) mass is 443 g/mol. The van der Waals surface area contributed by atoms with Gasteiger partial charge in [-0.05, 0) is 42.7 Å². The Kier molecular flexibility index (Phi) is 4.69. The van der Waals surface area contributed by atoms with Crippen LogP contribution in [0.5, 0.6) is 0 Å². The molecule has 3 atom stereocenters. The molecule has 3 aliphatic rings. The first-order valence-electron chi connectivity index (χ1n) is 9.65. The molecule has 0 radical (unpaired) electrons. The van der Waals surface area contributed by atoms with Crippen molar-refractivity contribution in [1.29, 1.82) is 0 Å². The number of H-pyrrole nitrogens is 1. The lowest BCUT2D eigenvalue weighted by Gasteiger charge is -2.28. The number of allylic oxidation sites excluding steroid dienone is 1. The molecule has 0 fully saturated rings. The second kappa shape index (κ2) is 7.27. The van der Waals surface area contributed by atoms with Crippen molar-refractivity contribution in [3.05, 3.63) is 67.8 Å². The average molecular weight is 444 g/mol. The molecule has 1 aliphatic heterocycles. The zero-order valence-electron chi connectivity index (χ0n) is 16.1. The predicted octanol–water partition coefficient (Wildman–Crippen LogP) is 3.46. The second-order valence-electron chi connectivity index (χ2n) is 7.59. The van der Waals surface area contributed by atoms with Gasteiger partial charge in [-0.2, -0.15) is 0 Å². The lowest BCUT2D eigenvalue weighted by molar-refractivity contribution is 0.223. The quantitative estimate of drug-likeness (QED) is 0.660. The van der Waals surface area contributed by atoms with E-state index < -0.39 is 6.10 Å². The highest BCUT2D eigenvalue weighted by Crippen LogP contribution is 2.38. The minimum absolute atomic E-state index is 0.198. The zero-order chi connectivity index (χ0) is 21.0. The first-order chi connectivity index (χ1) is 14.4. The Balaban J connectivity index is 1.49. The smallest absolute Gasteiger partial charge is 0.257 e. The van der Waals surface area contributed by atoms with E-state index in [1.807, 2.05) is 24.1 Å². The van der Waals surface area contributed by atoms with Crippen LogP contribution >= 0.6 is 23.2 Å². The Morgan fingerprint density at radius 2 is 2.07 bits per heavy atom. The molecule has 2 aromatic rings. The van der Waals surface area contributed by atoms with Crippen molar-refractivity contribution in [2.24, 2.45) is 4.99 Å². The second-order valence-corrected chi connectivity index (χ2v) is 8.41. The molecule has 7 nitrogen and oxygen atoms in total. The van der Waals surface area contributed by atoms with Gasteiger partial charge in [0.25, 0.3) is 5.56 Å². The van der Waals surface area contributed by atoms with Gasteiger partial charge in [-0.1, -0.05) is 35.3 Å². The van der Waals surface area contributed by atoms with Crippen LogP contribution in [0.4, 0.5) is 5.69 Å². The molecule has 0 saturated carbocycles. The van der Waals surface area contributed by atoms with Gasteiger partial charge in [-0.25, -0.2) is 9.98 Å². The Hall–Kier alpha value is -2.61. The van der Waals surface area contributed by atoms with Gasteiger partial charge in [0.05, 0.1) is 45.2 Å². The zero-order valence-corrected chi connectivity index (χ0v) is 17.6. The van der Waals surface area contributed by atoms with Crippen molar-refractivity contribution in [3.8, 4) is 0 Å². The summed E-state index contributed by atoms with van der Waals surface area (Å²) in [6.45, 7) is 0. The SMILES string of the molecule is CN1C(Nc2c(Cl)cccc2Cl)=NC2C=Cc3nc(C4=CC(O)CC4)[nH]c(=O)c3C21. The van der Waals surface area contributed by atoms with E-state index in [0.717, 1.165) is 5.57 Å². The van der Waals surface area contributed by atoms with Crippen LogP contribution in [-0.4, -0.2) is 45.1 Å². The maximum absolute atomic E-state index is 13.0. The molecule has 0 spiro atoms. The summed E-state index contributed by atoms with van der Waals surface area (Å²) in [4.78, 5) is 27.2. The molecule has 1 aromatic heterocycles. The van der Waals surface area contributed by atoms with Gasteiger partial charge in [0.1, 0.15) is 5.82 Å². The minimum Gasteiger partial charge on any atom is -0.389 e. The highest BCUT2D eigenvalue weighted by molar-refractivity contribution is 6.39. The van der Waals surface area contributed by atoms with Crippen LogP contribution in [-0.2, 0) is 0 Å². The van der Waals surface area contributed by atoms with Gasteiger partial charge < -0.3 is 20.3 Å². The van der Waals surface area contributed by atoms with Gasteiger partial charge in [-0.3, -0.25) is 4.79 Å². The van der Waals surface area contributed by atoms with Gasteiger partial charge in [-0.15, -0.1) is 0 Å². The fourth-order valence-electron chi connectivity index (χ4n) is 4.18. The highest BCUT2D eigenvalue weighted by atomic mass is 35.5. The number of halogens is 2. The molecule has 2 aliphatic carbocycles. The molecule has 2 heterocycles. The van der Waals surface area contributed by atoms with Crippen LogP contribution in [0.3, 0.4) is 0 Å². The molecule has 0 amide bonds. The van der Waals surface area contributed by atoms with E-state index in [1.165, 1.54) is 0 Å². The molecular weight excluding hydrogens is 425 g/mol. The maximum atomic E-state index is 13.0. The summed E-state index contributed by atoms with van der Waals surface area (Å²) in [6.07, 6.45) is 6.38. The number of fused-ring (bicyclic) bond motifs is 3. The number of aliphatic hydroxyl groups is 1. The Labute approximate surface area is 182 Å². The van der Waals surface area contributed by atoms with Crippen LogP contribution in [0, 0.1) is 0 Å². The molecule has 30 heavy (non-hydrogen) atoms. The number of hydrogen-bond acceptors (Lipinski definition) is 6. The van der Waals surface area contributed by atoms with E-state index in [-0.39, 0.29) is 17.6 Å². The number of nitrogens with one attached hydrogen (secondary N) is 2. The van der Waals surface area contributed by atoms with Crippen molar-refractivity contribution in [1.82, 2.24) is 14.9 Å². The van der Waals surface area contributed by atoms with E-state index in [0.29, 0.717) is 51.6 Å². The first-order valence-corrected chi connectivity index (χ1v) is 10.4. The van der Waals surface area contributed by atoms with E-state index in [4.69, 9.17) is 28.2 Å². The summed E-state index contributed by atoms with van der Waals surface area (Å²) in [5, 5.41) is 13.9. The van der Waals surface area contributed by atoms with Crippen LogP contribution in [0.1, 0.15) is 36.0 Å².